The first kappa shape index (κ1) is 26.0. The van der Waals surface area contributed by atoms with Gasteiger partial charge in [0.15, 0.2) is 10.9 Å². The van der Waals surface area contributed by atoms with Crippen molar-refractivity contribution in [2.75, 3.05) is 13.1 Å². The van der Waals surface area contributed by atoms with Gasteiger partial charge in [0.05, 0.1) is 11.4 Å². The number of carbonyl (C=O) groups is 1. The van der Waals surface area contributed by atoms with E-state index in [1.54, 1.807) is 35.0 Å². The van der Waals surface area contributed by atoms with E-state index in [0.717, 1.165) is 23.5 Å². The summed E-state index contributed by atoms with van der Waals surface area (Å²) >= 11 is 14.0. The van der Waals surface area contributed by atoms with E-state index < -0.39 is 0 Å². The lowest BCUT2D eigenvalue weighted by Gasteiger charge is -2.42. The summed E-state index contributed by atoms with van der Waals surface area (Å²) in [5.41, 5.74) is 4.23. The Kier molecular flexibility index (Phi) is 6.95. The fourth-order valence-electron chi connectivity index (χ4n) is 5.57. The van der Waals surface area contributed by atoms with Crippen molar-refractivity contribution >= 4 is 40.9 Å². The molecular formula is C27H25Cl2N7O2S. The fraction of sp³-hybridized carbons (Fsp3) is 0.333. The molecule has 2 unspecified atom stereocenters. The summed E-state index contributed by atoms with van der Waals surface area (Å²) in [4.78, 5) is 37.3. The molecule has 2 aliphatic rings. The normalized spacial score (nSPS) is 18.2. The Hall–Kier alpha value is -3.21. The van der Waals surface area contributed by atoms with Crippen LogP contribution in [0.4, 0.5) is 0 Å². The van der Waals surface area contributed by atoms with Gasteiger partial charge in [-0.15, -0.1) is 5.10 Å². The van der Waals surface area contributed by atoms with Crippen LogP contribution >= 0.6 is 35.0 Å². The number of piperidine rings is 1. The first-order chi connectivity index (χ1) is 18.7. The van der Waals surface area contributed by atoms with Crippen molar-refractivity contribution in [1.82, 2.24) is 34.4 Å². The second-order valence-corrected chi connectivity index (χ2v) is 11.9. The smallest absolute Gasteiger partial charge is 0.276 e. The van der Waals surface area contributed by atoms with Crippen LogP contribution in [0.5, 0.6) is 0 Å². The third-order valence-corrected chi connectivity index (χ3v) is 8.42. The van der Waals surface area contributed by atoms with Crippen molar-refractivity contribution in [3.05, 3.63) is 91.3 Å². The van der Waals surface area contributed by atoms with Crippen LogP contribution in [-0.2, 0) is 12.3 Å². The summed E-state index contributed by atoms with van der Waals surface area (Å²) in [7, 11) is 0. The number of thioether (sulfide) groups is 1. The van der Waals surface area contributed by atoms with Crippen LogP contribution in [0.25, 0.3) is 5.69 Å². The Labute approximate surface area is 239 Å². The summed E-state index contributed by atoms with van der Waals surface area (Å²) in [5.74, 6) is 0.468. The number of hydrogen-bond acceptors (Lipinski definition) is 7. The van der Waals surface area contributed by atoms with Gasteiger partial charge in [0, 0.05) is 64.5 Å². The van der Waals surface area contributed by atoms with Crippen LogP contribution in [0.3, 0.4) is 0 Å². The van der Waals surface area contributed by atoms with E-state index in [1.165, 1.54) is 11.8 Å². The molecule has 9 nitrogen and oxygen atoms in total. The fourth-order valence-corrected chi connectivity index (χ4v) is 7.03. The molecule has 3 aromatic heterocycles. The van der Waals surface area contributed by atoms with Crippen LogP contribution in [0.1, 0.15) is 45.6 Å². The van der Waals surface area contributed by atoms with Gasteiger partial charge >= 0.3 is 0 Å². The molecule has 1 amide bonds. The number of likely N-dealkylation sites (tertiary alicyclic amines) is 1. The summed E-state index contributed by atoms with van der Waals surface area (Å²) < 4.78 is 3.46. The average Bonchev–Trinajstić information content (AvgIpc) is 3.30. The Balaban J connectivity index is 1.34. The molecule has 2 aliphatic heterocycles. The predicted molar refractivity (Wildman–Crippen MR) is 150 cm³/mol. The molecule has 1 aromatic carbocycles. The summed E-state index contributed by atoms with van der Waals surface area (Å²) in [5, 5.41) is 10.2. The molecule has 4 aromatic rings. The molecule has 5 heterocycles. The van der Waals surface area contributed by atoms with Crippen LogP contribution in [0.2, 0.25) is 10.0 Å². The minimum absolute atomic E-state index is 0.0121. The lowest BCUT2D eigenvalue weighted by atomic mass is 9.83. The number of aromatic nitrogens is 6. The molecular weight excluding hydrogens is 557 g/mol. The SMILES string of the molecule is Cc1cc(C)nc(SCc2c(C(=O)N3CC4CC(C3)c3cccc(=O)n3C4)nnn2-c2cc(Cl)cc(Cl)c2)n1. The molecule has 200 valence electrons. The molecule has 6 rings (SSSR count). The number of carbonyl (C=O) groups excluding carboxylic acids is 1. The van der Waals surface area contributed by atoms with Crippen molar-refractivity contribution in [2.24, 2.45) is 5.92 Å². The van der Waals surface area contributed by atoms with Crippen molar-refractivity contribution in [3.63, 3.8) is 0 Å². The molecule has 0 aliphatic carbocycles. The van der Waals surface area contributed by atoms with E-state index in [4.69, 9.17) is 23.2 Å². The zero-order chi connectivity index (χ0) is 27.3. The highest BCUT2D eigenvalue weighted by Crippen LogP contribution is 2.36. The maximum absolute atomic E-state index is 14.0. The second kappa shape index (κ2) is 10.4. The Morgan fingerprint density at radius 2 is 1.77 bits per heavy atom. The van der Waals surface area contributed by atoms with Gasteiger partial charge in [-0.25, -0.2) is 14.6 Å². The third-order valence-electron chi connectivity index (χ3n) is 7.12. The topological polar surface area (TPSA) is 98.8 Å². The third kappa shape index (κ3) is 5.20. The molecule has 2 bridgehead atoms. The van der Waals surface area contributed by atoms with Gasteiger partial charge < -0.3 is 9.47 Å². The zero-order valence-electron chi connectivity index (χ0n) is 21.3. The minimum Gasteiger partial charge on any atom is -0.336 e. The molecule has 0 radical (unpaired) electrons. The number of benzene rings is 1. The van der Waals surface area contributed by atoms with Gasteiger partial charge in [-0.1, -0.05) is 46.2 Å². The second-order valence-electron chi connectivity index (χ2n) is 10.1. The highest BCUT2D eigenvalue weighted by molar-refractivity contribution is 7.98. The van der Waals surface area contributed by atoms with Crippen molar-refractivity contribution in [1.29, 1.82) is 0 Å². The van der Waals surface area contributed by atoms with Crippen molar-refractivity contribution in [2.45, 2.75) is 43.6 Å². The van der Waals surface area contributed by atoms with E-state index in [2.05, 4.69) is 20.3 Å². The Morgan fingerprint density at radius 3 is 2.51 bits per heavy atom. The van der Waals surface area contributed by atoms with E-state index in [9.17, 15) is 9.59 Å². The molecule has 39 heavy (non-hydrogen) atoms. The molecule has 0 N–H and O–H groups in total. The van der Waals surface area contributed by atoms with Crippen molar-refractivity contribution in [3.8, 4) is 5.69 Å². The van der Waals surface area contributed by atoms with Crippen LogP contribution in [0, 0.1) is 19.8 Å². The van der Waals surface area contributed by atoms with Crippen LogP contribution in [0.15, 0.2) is 52.4 Å². The number of pyridine rings is 1. The maximum Gasteiger partial charge on any atom is 0.276 e. The first-order valence-electron chi connectivity index (χ1n) is 12.6. The summed E-state index contributed by atoms with van der Waals surface area (Å²) in [6, 6.07) is 12.4. The Morgan fingerprint density at radius 1 is 1.03 bits per heavy atom. The van der Waals surface area contributed by atoms with Gasteiger partial charge in [-0.2, -0.15) is 0 Å². The van der Waals surface area contributed by atoms with E-state index in [0.29, 0.717) is 52.0 Å². The molecule has 1 saturated heterocycles. The van der Waals surface area contributed by atoms with E-state index in [1.807, 2.05) is 35.4 Å². The van der Waals surface area contributed by atoms with Crippen LogP contribution in [-0.4, -0.2) is 53.4 Å². The number of fused-ring (bicyclic) bond motifs is 4. The molecule has 1 fully saturated rings. The van der Waals surface area contributed by atoms with Gasteiger partial charge in [-0.05, 0) is 56.5 Å². The number of nitrogens with zero attached hydrogens (tertiary/aromatic N) is 7. The standard InChI is InChI=1S/C27H25Cl2N7O2S/c1-15-6-16(2)31-27(30-15)39-14-23-25(32-33-36(23)21-9-19(28)8-20(29)10-21)26(38)34-11-17-7-18(13-34)22-4-3-5-24(37)35(22)12-17/h3-6,8-10,17-18H,7,11-14H2,1-2H3. The van der Waals surface area contributed by atoms with E-state index >= 15 is 0 Å². The first-order valence-corrected chi connectivity index (χ1v) is 14.3. The number of halogens is 2. The highest BCUT2D eigenvalue weighted by Gasteiger charge is 2.38. The maximum atomic E-state index is 14.0. The number of hydrogen-bond donors (Lipinski definition) is 0. The largest absolute Gasteiger partial charge is 0.336 e. The number of aryl methyl sites for hydroxylation is 2. The minimum atomic E-state index is -0.187. The average molecular weight is 583 g/mol. The molecule has 12 heteroatoms. The lowest BCUT2D eigenvalue weighted by molar-refractivity contribution is 0.0588. The molecule has 2 atom stereocenters. The molecule has 0 spiro atoms. The van der Waals surface area contributed by atoms with Gasteiger partial charge in [0.2, 0.25) is 0 Å². The number of rotatable bonds is 5. The van der Waals surface area contributed by atoms with Crippen molar-refractivity contribution < 1.29 is 4.79 Å². The highest BCUT2D eigenvalue weighted by atomic mass is 35.5. The van der Waals surface area contributed by atoms with Gasteiger partial charge in [0.1, 0.15) is 0 Å². The van der Waals surface area contributed by atoms with Gasteiger partial charge in [-0.3, -0.25) is 9.59 Å². The molecule has 0 saturated carbocycles. The van der Waals surface area contributed by atoms with Crippen LogP contribution < -0.4 is 5.56 Å². The lowest BCUT2D eigenvalue weighted by Crippen LogP contribution is -2.49. The Bertz CT molecular complexity index is 1610. The summed E-state index contributed by atoms with van der Waals surface area (Å²) in [6.45, 7) is 5.52. The number of amides is 1. The monoisotopic (exact) mass is 581 g/mol. The predicted octanol–water partition coefficient (Wildman–Crippen LogP) is 4.69. The van der Waals surface area contributed by atoms with Gasteiger partial charge in [0.25, 0.3) is 11.5 Å². The quantitative estimate of drug-likeness (QED) is 0.249. The zero-order valence-corrected chi connectivity index (χ0v) is 23.7. The van der Waals surface area contributed by atoms with E-state index in [-0.39, 0.29) is 29.0 Å². The summed E-state index contributed by atoms with van der Waals surface area (Å²) in [6.07, 6.45) is 0.952.